The van der Waals surface area contributed by atoms with Crippen LogP contribution in [0.1, 0.15) is 0 Å². The fourth-order valence-electron chi connectivity index (χ4n) is 16.1. The first kappa shape index (κ1) is 42.8. The summed E-state index contributed by atoms with van der Waals surface area (Å²) in [4.78, 5) is 2.56. The number of hydrogen-bond donors (Lipinski definition) is 0. The first-order chi connectivity index (χ1) is 41.2. The molecule has 0 fully saturated rings. The van der Waals surface area contributed by atoms with E-state index in [-0.39, 0.29) is 0 Å². The Morgan fingerprint density at radius 2 is 0.494 bits per heavy atom. The van der Waals surface area contributed by atoms with Crippen molar-refractivity contribution in [2.24, 2.45) is 0 Å². The van der Waals surface area contributed by atoms with Gasteiger partial charge in [-0.25, -0.2) is 0 Å². The number of fused-ring (bicyclic) bond motifs is 24. The van der Waals surface area contributed by atoms with Gasteiger partial charge in [0.05, 0.1) is 77.6 Å². The van der Waals surface area contributed by atoms with Gasteiger partial charge in [-0.05, 0) is 95.1 Å². The lowest BCUT2D eigenvalue weighted by Gasteiger charge is -2.27. The van der Waals surface area contributed by atoms with E-state index < -0.39 is 0 Å². The maximum absolute atomic E-state index is 2.57. The minimum absolute atomic E-state index is 1.11. The molecule has 0 spiro atoms. The third-order valence-corrected chi connectivity index (χ3v) is 19.2. The highest BCUT2D eigenvalue weighted by molar-refractivity contribution is 6.35. The molecule has 0 aliphatic rings. The SMILES string of the molecule is c1ccc(-c2ccc3c4cc5c(cc4n4c6ccccc6c2c34)c2ccc(N(c3ccccc3)c3ccc4c6cc7c(cc6n6c8ccccc8c3c46)c3ccc(-c4ccccc4)c4c6ccccc6n7c34)c3c4ccccc4n5c23)cc1. The topological polar surface area (TPSA) is 20.9 Å². The van der Waals surface area contributed by atoms with Crippen LogP contribution in [0.15, 0.2) is 261 Å². The molecule has 5 heteroatoms. The molecule has 0 bridgehead atoms. The highest BCUT2D eigenvalue weighted by Gasteiger charge is 2.30. The van der Waals surface area contributed by atoms with Gasteiger partial charge in [-0.2, -0.15) is 0 Å². The van der Waals surface area contributed by atoms with Crippen molar-refractivity contribution in [1.29, 1.82) is 0 Å². The first-order valence-electron chi connectivity index (χ1n) is 28.8. The van der Waals surface area contributed by atoms with Crippen molar-refractivity contribution in [1.82, 2.24) is 17.6 Å². The van der Waals surface area contributed by atoms with E-state index in [2.05, 4.69) is 283 Å². The van der Waals surface area contributed by atoms with E-state index in [0.29, 0.717) is 0 Å². The van der Waals surface area contributed by atoms with Crippen molar-refractivity contribution < 1.29 is 0 Å². The summed E-state index contributed by atoms with van der Waals surface area (Å²) in [5.41, 5.74) is 23.3. The summed E-state index contributed by atoms with van der Waals surface area (Å²) in [6.45, 7) is 0. The fraction of sp³-hybridized carbons (Fsp3) is 0. The number of nitrogens with zero attached hydrogens (tertiary/aromatic N) is 5. The van der Waals surface area contributed by atoms with Crippen molar-refractivity contribution in [3.05, 3.63) is 261 Å². The molecule has 8 aromatic heterocycles. The normalized spacial score (nSPS) is 12.8. The number of para-hydroxylation sites is 5. The van der Waals surface area contributed by atoms with E-state index >= 15 is 0 Å². The van der Waals surface area contributed by atoms with Crippen LogP contribution in [0.5, 0.6) is 0 Å². The van der Waals surface area contributed by atoms with Gasteiger partial charge in [0.2, 0.25) is 0 Å². The van der Waals surface area contributed by atoms with Crippen molar-refractivity contribution in [3.8, 4) is 22.3 Å². The summed E-state index contributed by atoms with van der Waals surface area (Å²) in [6, 6.07) is 98.0. The molecular weight excluding hydrogens is 1010 g/mol. The summed E-state index contributed by atoms with van der Waals surface area (Å²) in [5, 5.41) is 20.3. The van der Waals surface area contributed by atoms with E-state index in [1.807, 2.05) is 0 Å². The van der Waals surface area contributed by atoms with Gasteiger partial charge in [-0.15, -0.1) is 0 Å². The van der Waals surface area contributed by atoms with Gasteiger partial charge < -0.3 is 22.5 Å². The molecule has 0 N–H and O–H groups in total. The minimum Gasteiger partial charge on any atom is -0.309 e. The fourth-order valence-corrected chi connectivity index (χ4v) is 16.1. The van der Waals surface area contributed by atoms with Gasteiger partial charge in [0, 0.05) is 91.9 Å². The standard InChI is InChI=1S/C78H43N5/c1-4-18-44(19-5-1)47-32-34-49-57-40-69-59(42-67(57)80-61-28-14-10-24-53(61)71(47)75(49)80)51-36-38-65(73-55-26-12-16-30-63(55)82(69)77(51)73)79(46-22-8-3-9-23-46)66-39-37-52-60-43-68-58(41-70(60)83-64-31-17-13-27-56(64)74(66)78(52)83)50-35-33-48(45-20-6-2-7-21-45)72-54-25-11-15-29-62(54)81(68)76(50)72/h1-43H. The Bertz CT molecular complexity index is 5970. The average molecular weight is 1050 g/mol. The van der Waals surface area contributed by atoms with E-state index in [1.165, 1.54) is 175 Å². The molecule has 0 aliphatic carbocycles. The molecule has 5 nitrogen and oxygen atoms in total. The van der Waals surface area contributed by atoms with Gasteiger partial charge in [0.25, 0.3) is 0 Å². The zero-order valence-electron chi connectivity index (χ0n) is 44.6. The summed E-state index contributed by atoms with van der Waals surface area (Å²) >= 11 is 0. The molecule has 0 atom stereocenters. The quantitative estimate of drug-likeness (QED) is 0.168. The lowest BCUT2D eigenvalue weighted by Crippen LogP contribution is -2.10. The summed E-state index contributed by atoms with van der Waals surface area (Å²) in [6.07, 6.45) is 0. The van der Waals surface area contributed by atoms with Crippen LogP contribution >= 0.6 is 0 Å². The second-order valence-corrected chi connectivity index (χ2v) is 23.1. The molecule has 0 radical (unpaired) electrons. The number of rotatable bonds is 5. The van der Waals surface area contributed by atoms with Gasteiger partial charge in [-0.3, -0.25) is 0 Å². The molecule has 8 heterocycles. The van der Waals surface area contributed by atoms with E-state index in [9.17, 15) is 0 Å². The Kier molecular flexibility index (Phi) is 7.73. The molecule has 380 valence electrons. The third kappa shape index (κ3) is 5.09. The van der Waals surface area contributed by atoms with Crippen molar-refractivity contribution in [3.63, 3.8) is 0 Å². The van der Waals surface area contributed by atoms with Crippen molar-refractivity contribution >= 4 is 169 Å². The third-order valence-electron chi connectivity index (χ3n) is 19.2. The highest BCUT2D eigenvalue weighted by Crippen LogP contribution is 2.54. The zero-order chi connectivity index (χ0) is 53.5. The Morgan fingerprint density at radius 1 is 0.205 bits per heavy atom. The summed E-state index contributed by atoms with van der Waals surface area (Å²) in [7, 11) is 0. The maximum atomic E-state index is 2.57. The van der Waals surface area contributed by atoms with E-state index in [0.717, 1.165) is 17.1 Å². The summed E-state index contributed by atoms with van der Waals surface area (Å²) < 4.78 is 10.2. The number of benzene rings is 13. The molecule has 0 saturated carbocycles. The van der Waals surface area contributed by atoms with Gasteiger partial charge in [0.15, 0.2) is 0 Å². The van der Waals surface area contributed by atoms with Crippen LogP contribution < -0.4 is 4.90 Å². The van der Waals surface area contributed by atoms with Gasteiger partial charge in [0.1, 0.15) is 0 Å². The van der Waals surface area contributed by atoms with Crippen LogP contribution in [0.3, 0.4) is 0 Å². The van der Waals surface area contributed by atoms with Crippen LogP contribution in [0, 0.1) is 0 Å². The summed E-state index contributed by atoms with van der Waals surface area (Å²) in [5.74, 6) is 0. The minimum atomic E-state index is 1.11. The maximum Gasteiger partial charge on any atom is 0.0641 e. The molecule has 0 amide bonds. The molecule has 21 rings (SSSR count). The van der Waals surface area contributed by atoms with Crippen molar-refractivity contribution in [2.75, 3.05) is 4.90 Å². The molecule has 21 aromatic rings. The van der Waals surface area contributed by atoms with Gasteiger partial charge >= 0.3 is 0 Å². The second kappa shape index (κ2) is 15.0. The van der Waals surface area contributed by atoms with Gasteiger partial charge in [-0.1, -0.05) is 188 Å². The van der Waals surface area contributed by atoms with E-state index in [4.69, 9.17) is 0 Å². The number of hydrogen-bond acceptors (Lipinski definition) is 1. The van der Waals surface area contributed by atoms with Crippen LogP contribution in [-0.4, -0.2) is 17.6 Å². The Hall–Kier alpha value is -11.1. The smallest absolute Gasteiger partial charge is 0.0641 e. The average Bonchev–Trinajstić information content (AvgIpc) is 1.88. The zero-order valence-corrected chi connectivity index (χ0v) is 44.6. The molecule has 0 saturated heterocycles. The predicted octanol–water partition coefficient (Wildman–Crippen LogP) is 21.1. The Balaban J connectivity index is 0.839. The van der Waals surface area contributed by atoms with Crippen molar-refractivity contribution in [2.45, 2.75) is 0 Å². The van der Waals surface area contributed by atoms with E-state index in [1.54, 1.807) is 0 Å². The first-order valence-corrected chi connectivity index (χ1v) is 28.8. The van der Waals surface area contributed by atoms with Crippen LogP contribution in [0.25, 0.3) is 175 Å². The molecule has 0 unspecified atom stereocenters. The van der Waals surface area contributed by atoms with Crippen LogP contribution in [0.4, 0.5) is 17.1 Å². The molecular formula is C78H43N5. The highest BCUT2D eigenvalue weighted by atomic mass is 15.2. The molecule has 0 aliphatic heterocycles. The lowest BCUT2D eigenvalue weighted by atomic mass is 9.97. The second-order valence-electron chi connectivity index (χ2n) is 23.1. The van der Waals surface area contributed by atoms with Crippen LogP contribution in [-0.2, 0) is 0 Å². The Morgan fingerprint density at radius 3 is 0.855 bits per heavy atom. The van der Waals surface area contributed by atoms with Crippen LogP contribution in [0.2, 0.25) is 0 Å². The lowest BCUT2D eigenvalue weighted by molar-refractivity contribution is 1.31. The Labute approximate surface area is 472 Å². The monoisotopic (exact) mass is 1050 g/mol. The number of aromatic nitrogens is 4. The largest absolute Gasteiger partial charge is 0.309 e. The molecule has 13 aromatic carbocycles. The molecule has 83 heavy (non-hydrogen) atoms. The predicted molar refractivity (Wildman–Crippen MR) is 351 cm³/mol. The number of anilines is 3.